The summed E-state index contributed by atoms with van der Waals surface area (Å²) in [6, 6.07) is 16.8. The van der Waals surface area contributed by atoms with Crippen LogP contribution < -0.4 is 15.0 Å². The summed E-state index contributed by atoms with van der Waals surface area (Å²) in [5.41, 5.74) is 4.72. The van der Waals surface area contributed by atoms with Gasteiger partial charge in [-0.15, -0.1) is 0 Å². The maximum Gasteiger partial charge on any atom is 0.407 e. The number of nitrogens with one attached hydrogen (secondary N) is 1. The highest BCUT2D eigenvalue weighted by Gasteiger charge is 2.34. The van der Waals surface area contributed by atoms with Crippen molar-refractivity contribution < 1.29 is 19.1 Å². The number of alkyl carbamates (subject to hydrolysis) is 1. The van der Waals surface area contributed by atoms with Crippen molar-refractivity contribution in [3.05, 3.63) is 66.0 Å². The molecule has 0 spiro atoms. The molecule has 9 heteroatoms. The average molecular weight is 668 g/mol. The van der Waals surface area contributed by atoms with Gasteiger partial charge >= 0.3 is 6.09 Å². The van der Waals surface area contributed by atoms with E-state index in [1.807, 2.05) is 34.0 Å². The number of hydrogen-bond donors (Lipinski definition) is 1. The number of aromatic nitrogens is 2. The van der Waals surface area contributed by atoms with Crippen molar-refractivity contribution in [2.24, 2.45) is 17.3 Å². The van der Waals surface area contributed by atoms with Crippen molar-refractivity contribution in [3.8, 4) is 22.9 Å². The van der Waals surface area contributed by atoms with E-state index in [1.165, 1.54) is 5.56 Å². The molecule has 49 heavy (non-hydrogen) atoms. The van der Waals surface area contributed by atoms with E-state index in [0.717, 1.165) is 42.5 Å². The van der Waals surface area contributed by atoms with Crippen LogP contribution in [-0.2, 0) is 9.53 Å². The van der Waals surface area contributed by atoms with Crippen LogP contribution in [0.3, 0.4) is 0 Å². The van der Waals surface area contributed by atoms with Gasteiger partial charge in [-0.25, -0.2) is 4.79 Å². The summed E-state index contributed by atoms with van der Waals surface area (Å²) in [5, 5.41) is 17.0. The zero-order valence-electron chi connectivity index (χ0n) is 30.1. The molecule has 0 radical (unpaired) electrons. The van der Waals surface area contributed by atoms with E-state index in [9.17, 15) is 14.9 Å². The molecule has 0 saturated heterocycles. The first-order valence-corrected chi connectivity index (χ1v) is 17.9. The molecular weight excluding hydrogens is 614 g/mol. The Morgan fingerprint density at radius 2 is 1.76 bits per heavy atom. The van der Waals surface area contributed by atoms with Gasteiger partial charge in [0.05, 0.1) is 18.9 Å². The van der Waals surface area contributed by atoms with Gasteiger partial charge in [-0.1, -0.05) is 39.0 Å². The molecule has 2 aliphatic rings. The molecular formula is C40H53N5O4. The minimum absolute atomic E-state index is 0.0192. The first-order valence-electron chi connectivity index (χ1n) is 17.9. The Bertz CT molecular complexity index is 1620. The third-order valence-electron chi connectivity index (χ3n) is 10.1. The van der Waals surface area contributed by atoms with Gasteiger partial charge in [0.15, 0.2) is 0 Å². The van der Waals surface area contributed by atoms with Gasteiger partial charge < -0.3 is 19.7 Å². The molecule has 1 aromatic heterocycles. The summed E-state index contributed by atoms with van der Waals surface area (Å²) in [5.74, 6) is 1.39. The Hall–Kier alpha value is -4.32. The van der Waals surface area contributed by atoms with Crippen molar-refractivity contribution in [2.75, 3.05) is 25.1 Å². The van der Waals surface area contributed by atoms with Gasteiger partial charge in [0.25, 0.3) is 0 Å². The minimum atomic E-state index is -0.377. The zero-order chi connectivity index (χ0) is 35.1. The highest BCUT2D eigenvalue weighted by atomic mass is 16.6. The fraction of sp³-hybridized carbons (Fsp3) is 0.550. The van der Waals surface area contributed by atoms with E-state index < -0.39 is 0 Å². The highest BCUT2D eigenvalue weighted by Crippen LogP contribution is 2.39. The van der Waals surface area contributed by atoms with E-state index in [2.05, 4.69) is 81.6 Å². The van der Waals surface area contributed by atoms with Crippen molar-refractivity contribution in [2.45, 2.75) is 104 Å². The molecule has 9 nitrogen and oxygen atoms in total. The predicted molar refractivity (Wildman–Crippen MR) is 192 cm³/mol. The largest absolute Gasteiger partial charge is 0.495 e. The number of rotatable bonds is 10. The first kappa shape index (κ1) is 36.0. The van der Waals surface area contributed by atoms with Crippen molar-refractivity contribution in [1.82, 2.24) is 15.1 Å². The maximum atomic E-state index is 14.4. The highest BCUT2D eigenvalue weighted by molar-refractivity contribution is 5.95. The van der Waals surface area contributed by atoms with E-state index in [4.69, 9.17) is 9.47 Å². The van der Waals surface area contributed by atoms with Crippen LogP contribution in [0, 0.1) is 28.6 Å². The molecule has 3 aromatic rings. The number of carbonyl (C=O) groups is 2. The quantitative estimate of drug-likeness (QED) is 0.232. The Labute approximate surface area is 292 Å². The van der Waals surface area contributed by atoms with E-state index in [0.29, 0.717) is 61.9 Å². The normalized spacial score (nSPS) is 21.1. The molecule has 1 N–H and O–H groups in total. The molecule has 2 aromatic carbocycles. The van der Waals surface area contributed by atoms with Crippen LogP contribution in [0.2, 0.25) is 0 Å². The Kier molecular flexibility index (Phi) is 11.7. The third kappa shape index (κ3) is 9.44. The molecule has 0 aliphatic heterocycles. The fourth-order valence-electron chi connectivity index (χ4n) is 7.13. The molecule has 2 aliphatic carbocycles. The molecule has 2 saturated carbocycles. The van der Waals surface area contributed by atoms with E-state index in [1.54, 1.807) is 7.11 Å². The van der Waals surface area contributed by atoms with Crippen molar-refractivity contribution >= 4 is 17.7 Å². The van der Waals surface area contributed by atoms with Crippen LogP contribution >= 0.6 is 0 Å². The first-order chi connectivity index (χ1) is 23.4. The maximum absolute atomic E-state index is 14.4. The number of anilines is 1. The molecule has 2 amide bonds. The summed E-state index contributed by atoms with van der Waals surface area (Å²) in [7, 11) is 1.59. The molecule has 2 fully saturated rings. The number of nitriles is 1. The lowest BCUT2D eigenvalue weighted by Crippen LogP contribution is -2.42. The molecule has 262 valence electrons. The second-order valence-corrected chi connectivity index (χ2v) is 15.4. The number of nitrogens with zero attached hydrogens (tertiary/aromatic N) is 4. The number of amides is 2. The second-order valence-electron chi connectivity index (χ2n) is 15.4. The topological polar surface area (TPSA) is 109 Å². The number of hydrogen-bond acceptors (Lipinski definition) is 6. The van der Waals surface area contributed by atoms with Gasteiger partial charge in [0.1, 0.15) is 17.9 Å². The Morgan fingerprint density at radius 3 is 2.39 bits per heavy atom. The van der Waals surface area contributed by atoms with Crippen molar-refractivity contribution in [3.63, 3.8) is 0 Å². The Morgan fingerprint density at radius 1 is 1.02 bits per heavy atom. The lowest BCUT2D eigenvalue weighted by Gasteiger charge is -2.36. The summed E-state index contributed by atoms with van der Waals surface area (Å²) in [6.07, 6.45) is 10.2. The van der Waals surface area contributed by atoms with Crippen LogP contribution in [0.15, 0.2) is 54.9 Å². The molecule has 0 bridgehead atoms. The zero-order valence-corrected chi connectivity index (χ0v) is 30.1. The smallest absolute Gasteiger partial charge is 0.407 e. The lowest BCUT2D eigenvalue weighted by atomic mass is 9.78. The predicted octanol–water partition coefficient (Wildman–Crippen LogP) is 8.65. The van der Waals surface area contributed by atoms with E-state index >= 15 is 0 Å². The average Bonchev–Trinajstić information content (AvgIpc) is 3.61. The van der Waals surface area contributed by atoms with Crippen LogP contribution in [0.5, 0.6) is 5.75 Å². The monoisotopic (exact) mass is 667 g/mol. The van der Waals surface area contributed by atoms with E-state index in [-0.39, 0.29) is 35.5 Å². The third-order valence-corrected chi connectivity index (χ3v) is 10.1. The van der Waals surface area contributed by atoms with Gasteiger partial charge in [0.2, 0.25) is 5.91 Å². The minimum Gasteiger partial charge on any atom is -0.495 e. The number of benzene rings is 2. The van der Waals surface area contributed by atoms with Gasteiger partial charge in [-0.2, -0.15) is 10.4 Å². The summed E-state index contributed by atoms with van der Waals surface area (Å²) >= 11 is 0. The SMILES string of the molecule is COc1ccc(C2CCC(CN(C(=O)C3CCC(OC(=O)NCC(C)(C)C)CC3)c3cccc(-c4cnn(C(C)C)c4)c3)CC2)cc1C#N. The van der Waals surface area contributed by atoms with Crippen LogP contribution in [0.4, 0.5) is 10.5 Å². The fourth-order valence-corrected chi connectivity index (χ4v) is 7.13. The van der Waals surface area contributed by atoms with Crippen LogP contribution in [0.25, 0.3) is 11.1 Å². The Balaban J connectivity index is 1.29. The summed E-state index contributed by atoms with van der Waals surface area (Å²) in [6.45, 7) is 11.6. The molecule has 0 atom stereocenters. The van der Waals surface area contributed by atoms with Gasteiger partial charge in [-0.3, -0.25) is 9.48 Å². The van der Waals surface area contributed by atoms with Gasteiger partial charge in [-0.05, 0) is 118 Å². The summed E-state index contributed by atoms with van der Waals surface area (Å²) < 4.78 is 13.0. The standard InChI is InChI=1S/C40H53N5O4/c1-27(2)45-25-34(23-43-45)31-8-7-9-35(21-31)44(38(46)30-14-17-36(18-15-30)49-39(47)42-26-40(3,4)5)24-28-10-12-29(13-11-28)32-16-19-37(48-6)33(20-32)22-41/h7-9,16,19-21,23,25,27-30,36H,10-15,17-18,24,26H2,1-6H3,(H,42,47). The summed E-state index contributed by atoms with van der Waals surface area (Å²) in [4.78, 5) is 28.9. The number of methoxy groups -OCH3 is 1. The van der Waals surface area contributed by atoms with Crippen LogP contribution in [-0.4, -0.2) is 48.1 Å². The second kappa shape index (κ2) is 15.9. The number of ether oxygens (including phenoxy) is 2. The molecule has 5 rings (SSSR count). The molecule has 1 heterocycles. The molecule has 0 unspecified atom stereocenters. The number of carbonyl (C=O) groups excluding carboxylic acids is 2. The van der Waals surface area contributed by atoms with Crippen molar-refractivity contribution in [1.29, 1.82) is 5.26 Å². The van der Waals surface area contributed by atoms with Gasteiger partial charge in [0, 0.05) is 42.5 Å². The van der Waals surface area contributed by atoms with Crippen LogP contribution in [0.1, 0.15) is 109 Å². The lowest BCUT2D eigenvalue weighted by molar-refractivity contribution is -0.124.